The number of aromatic nitrogens is 1. The lowest BCUT2D eigenvalue weighted by Crippen LogP contribution is -2.11. The zero-order valence-electron chi connectivity index (χ0n) is 27.6. The number of furan rings is 1. The Morgan fingerprint density at radius 2 is 1.02 bits per heavy atom. The monoisotopic (exact) mass is 650 g/mol. The minimum atomic E-state index is 0.867. The molecule has 0 radical (unpaired) electrons. The summed E-state index contributed by atoms with van der Waals surface area (Å²) in [7, 11) is 0. The third kappa shape index (κ3) is 4.19. The van der Waals surface area contributed by atoms with Gasteiger partial charge in [-0.15, -0.1) is 0 Å². The third-order valence-corrected chi connectivity index (χ3v) is 10.5. The Balaban J connectivity index is 1.26. The van der Waals surface area contributed by atoms with Gasteiger partial charge in [0, 0.05) is 38.3 Å². The molecule has 11 aromatic rings. The van der Waals surface area contributed by atoms with Crippen molar-refractivity contribution in [2.45, 2.75) is 0 Å². The van der Waals surface area contributed by atoms with Crippen LogP contribution in [-0.4, -0.2) is 4.57 Å². The number of fused-ring (bicyclic) bond motifs is 10. The number of rotatable bonds is 4. The summed E-state index contributed by atoms with van der Waals surface area (Å²) in [6.07, 6.45) is 0. The van der Waals surface area contributed by atoms with Gasteiger partial charge in [-0.2, -0.15) is 0 Å². The van der Waals surface area contributed by atoms with E-state index in [0.717, 1.165) is 50.2 Å². The summed E-state index contributed by atoms with van der Waals surface area (Å²) in [6.45, 7) is 0. The Labute approximate surface area is 293 Å². The fourth-order valence-corrected chi connectivity index (χ4v) is 8.22. The molecule has 0 saturated carbocycles. The predicted molar refractivity (Wildman–Crippen MR) is 215 cm³/mol. The van der Waals surface area contributed by atoms with Crippen molar-refractivity contribution in [3.63, 3.8) is 0 Å². The van der Waals surface area contributed by atoms with E-state index in [1.807, 2.05) is 6.07 Å². The molecule has 0 fully saturated rings. The normalized spacial score (nSPS) is 11.9. The summed E-state index contributed by atoms with van der Waals surface area (Å²) in [5.74, 6) is 0. The molecule has 0 aliphatic rings. The topological polar surface area (TPSA) is 21.3 Å². The first-order chi connectivity index (χ1) is 25.3. The van der Waals surface area contributed by atoms with Gasteiger partial charge in [0.2, 0.25) is 0 Å². The van der Waals surface area contributed by atoms with Crippen LogP contribution in [0.3, 0.4) is 0 Å². The van der Waals surface area contributed by atoms with Gasteiger partial charge >= 0.3 is 0 Å². The largest absolute Gasteiger partial charge is 0.454 e. The van der Waals surface area contributed by atoms with E-state index in [9.17, 15) is 0 Å². The van der Waals surface area contributed by atoms with Crippen molar-refractivity contribution >= 4 is 93.1 Å². The van der Waals surface area contributed by atoms with Gasteiger partial charge in [-0.1, -0.05) is 127 Å². The Bertz CT molecular complexity index is 3150. The van der Waals surface area contributed by atoms with E-state index < -0.39 is 0 Å². The maximum absolute atomic E-state index is 6.72. The molecule has 3 heteroatoms. The van der Waals surface area contributed by atoms with Crippen molar-refractivity contribution < 1.29 is 4.42 Å². The van der Waals surface area contributed by atoms with Crippen molar-refractivity contribution in [1.29, 1.82) is 0 Å². The van der Waals surface area contributed by atoms with E-state index in [-0.39, 0.29) is 0 Å². The van der Waals surface area contributed by atoms with Crippen LogP contribution in [0.2, 0.25) is 0 Å². The minimum absolute atomic E-state index is 0.867. The Kier molecular flexibility index (Phi) is 5.96. The number of para-hydroxylation sites is 3. The molecule has 0 bridgehead atoms. The summed E-state index contributed by atoms with van der Waals surface area (Å²) >= 11 is 0. The molecule has 238 valence electrons. The van der Waals surface area contributed by atoms with Gasteiger partial charge in [0.1, 0.15) is 5.58 Å². The van der Waals surface area contributed by atoms with Crippen molar-refractivity contribution in [3.05, 3.63) is 182 Å². The molecule has 0 saturated heterocycles. The zero-order chi connectivity index (χ0) is 33.5. The lowest BCUT2D eigenvalue weighted by atomic mass is 9.99. The summed E-state index contributed by atoms with van der Waals surface area (Å²) in [5.41, 5.74) is 8.37. The Hall–Kier alpha value is -6.84. The molecule has 9 aromatic carbocycles. The van der Waals surface area contributed by atoms with E-state index in [4.69, 9.17) is 4.42 Å². The highest BCUT2D eigenvalue weighted by Crippen LogP contribution is 2.46. The molecule has 0 atom stereocenters. The molecule has 3 nitrogen and oxygen atoms in total. The van der Waals surface area contributed by atoms with Crippen LogP contribution in [-0.2, 0) is 0 Å². The van der Waals surface area contributed by atoms with Gasteiger partial charge in [0.05, 0.1) is 22.4 Å². The van der Waals surface area contributed by atoms with Crippen molar-refractivity contribution in [1.82, 2.24) is 4.57 Å². The molecule has 0 aliphatic heterocycles. The highest BCUT2D eigenvalue weighted by atomic mass is 16.3. The van der Waals surface area contributed by atoms with Crippen molar-refractivity contribution in [2.24, 2.45) is 0 Å². The van der Waals surface area contributed by atoms with Crippen molar-refractivity contribution in [3.8, 4) is 5.69 Å². The van der Waals surface area contributed by atoms with Crippen LogP contribution >= 0.6 is 0 Å². The van der Waals surface area contributed by atoms with Crippen LogP contribution in [0, 0.1) is 0 Å². The van der Waals surface area contributed by atoms with E-state index in [0.29, 0.717) is 0 Å². The SMILES string of the molecule is c1ccc(-n2c3cc(N(c4cccc5c4ccc4ccccc45)c4cccc5c4oc4ccccc45)ccc3c3cc4ccccc4cc32)cc1. The zero-order valence-corrected chi connectivity index (χ0v) is 27.6. The van der Waals surface area contributed by atoms with Gasteiger partial charge in [0.25, 0.3) is 0 Å². The standard InChI is InChI=1S/C48H30N2O/c1-2-15-34(16-3-1)49-45-29-33-14-5-4-13-32(33)28-42(45)39-27-25-35(30-46(39)49)50(44-22-11-20-41-40-18-8-9-23-47(40)51-48(41)44)43-21-10-19-37-36-17-7-6-12-31(36)24-26-38(37)43/h1-30H. The molecule has 0 unspecified atom stereocenters. The second-order valence-electron chi connectivity index (χ2n) is 13.3. The van der Waals surface area contributed by atoms with E-state index in [1.165, 1.54) is 48.6 Å². The van der Waals surface area contributed by atoms with Crippen LogP contribution in [0.5, 0.6) is 0 Å². The molecule has 0 amide bonds. The third-order valence-electron chi connectivity index (χ3n) is 10.5. The summed E-state index contributed by atoms with van der Waals surface area (Å²) in [5, 5.41) is 12.0. The number of nitrogens with zero attached hydrogens (tertiary/aromatic N) is 2. The van der Waals surface area contributed by atoms with Crippen molar-refractivity contribution in [2.75, 3.05) is 4.90 Å². The first-order valence-corrected chi connectivity index (χ1v) is 17.4. The second kappa shape index (κ2) is 10.8. The minimum Gasteiger partial charge on any atom is -0.454 e. The molecular weight excluding hydrogens is 621 g/mol. The van der Waals surface area contributed by atoms with Crippen LogP contribution in [0.25, 0.3) is 81.7 Å². The average Bonchev–Trinajstić information content (AvgIpc) is 3.73. The van der Waals surface area contributed by atoms with E-state index in [1.54, 1.807) is 0 Å². The molecular formula is C48H30N2O. The van der Waals surface area contributed by atoms with E-state index >= 15 is 0 Å². The lowest BCUT2D eigenvalue weighted by molar-refractivity contribution is 0.669. The molecule has 2 aromatic heterocycles. The van der Waals surface area contributed by atoms with Gasteiger partial charge in [-0.05, 0) is 81.5 Å². The lowest BCUT2D eigenvalue weighted by Gasteiger charge is -2.27. The average molecular weight is 651 g/mol. The maximum Gasteiger partial charge on any atom is 0.159 e. The predicted octanol–water partition coefficient (Wildman–Crippen LogP) is 13.6. The van der Waals surface area contributed by atoms with E-state index in [2.05, 4.69) is 185 Å². The summed E-state index contributed by atoms with van der Waals surface area (Å²) in [4.78, 5) is 2.39. The fourth-order valence-electron chi connectivity index (χ4n) is 8.22. The highest BCUT2D eigenvalue weighted by molar-refractivity contribution is 6.17. The summed E-state index contributed by atoms with van der Waals surface area (Å²) < 4.78 is 9.13. The van der Waals surface area contributed by atoms with Crippen LogP contribution < -0.4 is 4.90 Å². The molecule has 0 aliphatic carbocycles. The maximum atomic E-state index is 6.72. The molecule has 51 heavy (non-hydrogen) atoms. The summed E-state index contributed by atoms with van der Waals surface area (Å²) in [6, 6.07) is 65.6. The quantitative estimate of drug-likeness (QED) is 0.177. The van der Waals surface area contributed by atoms with Crippen LogP contribution in [0.15, 0.2) is 186 Å². The Morgan fingerprint density at radius 3 is 1.88 bits per heavy atom. The molecule has 0 spiro atoms. The molecule has 2 heterocycles. The van der Waals surface area contributed by atoms with Gasteiger partial charge in [-0.25, -0.2) is 0 Å². The van der Waals surface area contributed by atoms with Gasteiger partial charge in [-0.3, -0.25) is 0 Å². The fraction of sp³-hybridized carbons (Fsp3) is 0. The second-order valence-corrected chi connectivity index (χ2v) is 13.3. The number of hydrogen-bond donors (Lipinski definition) is 0. The van der Waals surface area contributed by atoms with Gasteiger partial charge < -0.3 is 13.9 Å². The number of anilines is 3. The number of benzene rings is 9. The highest BCUT2D eigenvalue weighted by Gasteiger charge is 2.23. The first-order valence-electron chi connectivity index (χ1n) is 17.4. The molecule has 11 rings (SSSR count). The molecule has 0 N–H and O–H groups in total. The smallest absolute Gasteiger partial charge is 0.159 e. The van der Waals surface area contributed by atoms with Gasteiger partial charge in [0.15, 0.2) is 5.58 Å². The first kappa shape index (κ1) is 28.0. The van der Waals surface area contributed by atoms with Crippen LogP contribution in [0.4, 0.5) is 17.1 Å². The number of hydrogen-bond acceptors (Lipinski definition) is 2. The van der Waals surface area contributed by atoms with Crippen LogP contribution in [0.1, 0.15) is 0 Å². The Morgan fingerprint density at radius 1 is 0.373 bits per heavy atom.